The second kappa shape index (κ2) is 10.8. The van der Waals surface area contributed by atoms with Crippen LogP contribution in [0.25, 0.3) is 0 Å². The van der Waals surface area contributed by atoms with Gasteiger partial charge in [0.1, 0.15) is 18.2 Å². The first-order valence-electron chi connectivity index (χ1n) is 10.6. The number of hydrogen-bond acceptors (Lipinski definition) is 5. The Bertz CT molecular complexity index is 914. The summed E-state index contributed by atoms with van der Waals surface area (Å²) in [5.41, 5.74) is 0.466. The van der Waals surface area contributed by atoms with Crippen molar-refractivity contribution in [3.63, 3.8) is 0 Å². The molecule has 1 fully saturated rings. The quantitative estimate of drug-likeness (QED) is 0.691. The molecule has 0 unspecified atom stereocenters. The van der Waals surface area contributed by atoms with Crippen LogP contribution in [0.4, 0.5) is 10.5 Å². The average Bonchev–Trinajstić information content (AvgIpc) is 2.83. The standard InChI is InChI=1S/C24H29N3O5/c1-18(25-23(30)32-17-19-9-5-3-6-10-19)21(28)26-24(13-15-31-16-14-24)22(29)27(2)20-11-7-4-8-12-20/h3-12,18H,13-17H2,1-2H3,(H,25,30)(H,26,28)/t18-/m1/s1. The molecule has 170 valence electrons. The third kappa shape index (κ3) is 5.85. The van der Waals surface area contributed by atoms with Gasteiger partial charge >= 0.3 is 6.09 Å². The van der Waals surface area contributed by atoms with Gasteiger partial charge in [0.15, 0.2) is 0 Å². The van der Waals surface area contributed by atoms with Gasteiger partial charge in [0.2, 0.25) is 5.91 Å². The highest BCUT2D eigenvalue weighted by Crippen LogP contribution is 2.26. The first-order valence-corrected chi connectivity index (χ1v) is 10.6. The van der Waals surface area contributed by atoms with Crippen molar-refractivity contribution in [2.24, 2.45) is 0 Å². The van der Waals surface area contributed by atoms with Gasteiger partial charge in [0.05, 0.1) is 0 Å². The van der Waals surface area contributed by atoms with Gasteiger partial charge < -0.3 is 25.0 Å². The zero-order valence-corrected chi connectivity index (χ0v) is 18.4. The predicted molar refractivity (Wildman–Crippen MR) is 120 cm³/mol. The summed E-state index contributed by atoms with van der Waals surface area (Å²) in [5, 5.41) is 5.41. The summed E-state index contributed by atoms with van der Waals surface area (Å²) >= 11 is 0. The van der Waals surface area contributed by atoms with E-state index in [1.807, 2.05) is 60.7 Å². The summed E-state index contributed by atoms with van der Waals surface area (Å²) in [7, 11) is 1.68. The van der Waals surface area contributed by atoms with Crippen molar-refractivity contribution in [3.05, 3.63) is 66.2 Å². The highest BCUT2D eigenvalue weighted by Gasteiger charge is 2.44. The monoisotopic (exact) mass is 439 g/mol. The third-order valence-corrected chi connectivity index (χ3v) is 5.51. The Morgan fingerprint density at radius 2 is 1.62 bits per heavy atom. The molecule has 1 aliphatic heterocycles. The summed E-state index contributed by atoms with van der Waals surface area (Å²) in [5.74, 6) is -0.683. The summed E-state index contributed by atoms with van der Waals surface area (Å²) in [6.45, 7) is 2.37. The van der Waals surface area contributed by atoms with Gasteiger partial charge in [0.25, 0.3) is 5.91 Å². The van der Waals surface area contributed by atoms with E-state index < -0.39 is 23.6 Å². The lowest BCUT2D eigenvalue weighted by molar-refractivity contribution is -0.136. The number of nitrogens with one attached hydrogen (secondary N) is 2. The summed E-state index contributed by atoms with van der Waals surface area (Å²) in [6.07, 6.45) is -0.00918. The molecule has 8 heteroatoms. The number of rotatable bonds is 7. The molecular formula is C24H29N3O5. The van der Waals surface area contributed by atoms with Crippen molar-refractivity contribution in [1.82, 2.24) is 10.6 Å². The lowest BCUT2D eigenvalue weighted by Gasteiger charge is -2.39. The Morgan fingerprint density at radius 3 is 2.25 bits per heavy atom. The minimum Gasteiger partial charge on any atom is -0.445 e. The Morgan fingerprint density at radius 1 is 1.03 bits per heavy atom. The molecule has 1 atom stereocenters. The number of amides is 3. The van der Waals surface area contributed by atoms with Crippen molar-refractivity contribution >= 4 is 23.6 Å². The third-order valence-electron chi connectivity index (χ3n) is 5.51. The van der Waals surface area contributed by atoms with E-state index in [1.165, 1.54) is 4.90 Å². The second-order valence-corrected chi connectivity index (χ2v) is 7.81. The number of para-hydroxylation sites is 1. The number of anilines is 1. The number of likely N-dealkylation sites (N-methyl/N-ethyl adjacent to an activating group) is 1. The van der Waals surface area contributed by atoms with Crippen molar-refractivity contribution < 1.29 is 23.9 Å². The number of carbonyl (C=O) groups excluding carboxylic acids is 3. The second-order valence-electron chi connectivity index (χ2n) is 7.81. The normalized spacial score (nSPS) is 15.8. The number of benzene rings is 2. The lowest BCUT2D eigenvalue weighted by atomic mass is 9.87. The minimum absolute atomic E-state index is 0.0998. The molecule has 3 amide bonds. The fraction of sp³-hybridized carbons (Fsp3) is 0.375. The highest BCUT2D eigenvalue weighted by atomic mass is 16.5. The molecule has 2 N–H and O–H groups in total. The van der Waals surface area contributed by atoms with Crippen LogP contribution in [0.15, 0.2) is 60.7 Å². The Balaban J connectivity index is 1.62. The molecule has 0 aliphatic carbocycles. The van der Waals surface area contributed by atoms with Crippen LogP contribution in [0.1, 0.15) is 25.3 Å². The zero-order valence-electron chi connectivity index (χ0n) is 18.4. The van der Waals surface area contributed by atoms with Gasteiger partial charge in [-0.05, 0) is 24.6 Å². The van der Waals surface area contributed by atoms with Crippen LogP contribution in [0.5, 0.6) is 0 Å². The topological polar surface area (TPSA) is 97.0 Å². The first-order chi connectivity index (χ1) is 15.4. The minimum atomic E-state index is -1.11. The number of hydrogen-bond donors (Lipinski definition) is 2. The van der Waals surface area contributed by atoms with Crippen molar-refractivity contribution in [1.29, 1.82) is 0 Å². The molecule has 0 saturated carbocycles. The molecule has 1 saturated heterocycles. The van der Waals surface area contributed by atoms with Crippen molar-refractivity contribution in [2.45, 2.75) is 38.0 Å². The predicted octanol–water partition coefficient (Wildman–Crippen LogP) is 2.63. The van der Waals surface area contributed by atoms with Crippen LogP contribution < -0.4 is 15.5 Å². The fourth-order valence-electron chi connectivity index (χ4n) is 3.55. The van der Waals surface area contributed by atoms with Crippen LogP contribution in [0.2, 0.25) is 0 Å². The molecule has 8 nitrogen and oxygen atoms in total. The van der Waals surface area contributed by atoms with Gasteiger partial charge in [0, 0.05) is 38.8 Å². The van der Waals surface area contributed by atoms with Crippen molar-refractivity contribution in [3.8, 4) is 0 Å². The summed E-state index contributed by atoms with van der Waals surface area (Å²) in [6, 6.07) is 17.6. The van der Waals surface area contributed by atoms with Gasteiger partial charge in [-0.15, -0.1) is 0 Å². The Kier molecular flexibility index (Phi) is 7.83. The number of nitrogens with zero attached hydrogens (tertiary/aromatic N) is 1. The molecule has 2 aromatic carbocycles. The lowest BCUT2D eigenvalue weighted by Crippen LogP contribution is -2.64. The van der Waals surface area contributed by atoms with Crippen LogP contribution in [0, 0.1) is 0 Å². The van der Waals surface area contributed by atoms with E-state index in [0.29, 0.717) is 26.1 Å². The van der Waals surface area contributed by atoms with Crippen LogP contribution in [-0.4, -0.2) is 49.7 Å². The van der Waals surface area contributed by atoms with E-state index in [1.54, 1.807) is 14.0 Å². The first kappa shape index (κ1) is 23.3. The van der Waals surface area contributed by atoms with E-state index in [9.17, 15) is 14.4 Å². The fourth-order valence-corrected chi connectivity index (χ4v) is 3.55. The van der Waals surface area contributed by atoms with E-state index in [4.69, 9.17) is 9.47 Å². The maximum Gasteiger partial charge on any atom is 0.408 e. The molecule has 0 radical (unpaired) electrons. The molecule has 0 spiro atoms. The van der Waals surface area contributed by atoms with Crippen LogP contribution in [0.3, 0.4) is 0 Å². The molecule has 3 rings (SSSR count). The number of ether oxygens (including phenoxy) is 2. The molecule has 2 aromatic rings. The largest absolute Gasteiger partial charge is 0.445 e. The van der Waals surface area contributed by atoms with E-state index in [-0.39, 0.29) is 12.5 Å². The molecular weight excluding hydrogens is 410 g/mol. The van der Waals surface area contributed by atoms with E-state index in [2.05, 4.69) is 10.6 Å². The maximum atomic E-state index is 13.4. The smallest absolute Gasteiger partial charge is 0.408 e. The summed E-state index contributed by atoms with van der Waals surface area (Å²) < 4.78 is 10.6. The van der Waals surface area contributed by atoms with Crippen LogP contribution in [-0.2, 0) is 25.7 Å². The molecule has 32 heavy (non-hydrogen) atoms. The van der Waals surface area contributed by atoms with E-state index >= 15 is 0 Å². The Hall–Kier alpha value is -3.39. The average molecular weight is 440 g/mol. The molecule has 0 bridgehead atoms. The summed E-state index contributed by atoms with van der Waals surface area (Å²) in [4.78, 5) is 40.0. The maximum absolute atomic E-state index is 13.4. The molecule has 0 aromatic heterocycles. The Labute approximate surface area is 187 Å². The molecule has 1 aliphatic rings. The van der Waals surface area contributed by atoms with Gasteiger partial charge in [-0.1, -0.05) is 48.5 Å². The van der Waals surface area contributed by atoms with E-state index in [0.717, 1.165) is 11.3 Å². The van der Waals surface area contributed by atoms with Crippen molar-refractivity contribution in [2.75, 3.05) is 25.2 Å². The van der Waals surface area contributed by atoms with Gasteiger partial charge in [-0.2, -0.15) is 0 Å². The highest BCUT2D eigenvalue weighted by molar-refractivity contribution is 6.02. The SMILES string of the molecule is C[C@@H](NC(=O)OCc1ccccc1)C(=O)NC1(C(=O)N(C)c2ccccc2)CCOCC1. The van der Waals surface area contributed by atoms with Crippen LogP contribution >= 0.6 is 0 Å². The number of alkyl carbamates (subject to hydrolysis) is 1. The molecule has 1 heterocycles. The van der Waals surface area contributed by atoms with Gasteiger partial charge in [-0.3, -0.25) is 9.59 Å². The van der Waals surface area contributed by atoms with Gasteiger partial charge in [-0.25, -0.2) is 4.79 Å². The number of carbonyl (C=O) groups is 3. The zero-order chi connectivity index (χ0) is 23.0.